The molecule has 0 atom stereocenters. The topological polar surface area (TPSA) is 29.1 Å². The third kappa shape index (κ3) is 5.73. The van der Waals surface area contributed by atoms with Crippen LogP contribution in [-0.2, 0) is 17.2 Å². The summed E-state index contributed by atoms with van der Waals surface area (Å²) in [7, 11) is 0. The highest BCUT2D eigenvalue weighted by atomic mass is 35.5. The highest BCUT2D eigenvalue weighted by molar-refractivity contribution is 6.17. The second-order valence-electron chi connectivity index (χ2n) is 4.19. The quantitative estimate of drug-likeness (QED) is 0.584. The van der Waals surface area contributed by atoms with Crippen LogP contribution in [0, 0.1) is 0 Å². The molecule has 1 amide bonds. The first kappa shape index (κ1) is 14.0. The van der Waals surface area contributed by atoms with E-state index in [1.165, 1.54) is 0 Å². The van der Waals surface area contributed by atoms with E-state index in [-0.39, 0.29) is 5.91 Å². The van der Waals surface area contributed by atoms with Crippen molar-refractivity contribution < 1.29 is 4.79 Å². The van der Waals surface area contributed by atoms with Crippen molar-refractivity contribution in [3.63, 3.8) is 0 Å². The molecule has 0 aliphatic carbocycles. The molecule has 0 fully saturated rings. The Morgan fingerprint density at radius 1 is 1.29 bits per heavy atom. The summed E-state index contributed by atoms with van der Waals surface area (Å²) in [5.41, 5.74) is 2.19. The Kier molecular flexibility index (Phi) is 6.71. The van der Waals surface area contributed by atoms with Gasteiger partial charge in [-0.1, -0.05) is 44.0 Å². The van der Waals surface area contributed by atoms with Crippen molar-refractivity contribution in [3.05, 3.63) is 35.4 Å². The third-order valence-electron chi connectivity index (χ3n) is 2.64. The van der Waals surface area contributed by atoms with Gasteiger partial charge in [0.25, 0.3) is 0 Å². The number of hydrogen-bond donors (Lipinski definition) is 1. The van der Waals surface area contributed by atoms with Crippen molar-refractivity contribution in [3.8, 4) is 0 Å². The predicted molar refractivity (Wildman–Crippen MR) is 72.0 cm³/mol. The number of alkyl halides is 1. The van der Waals surface area contributed by atoms with Gasteiger partial charge in [0.15, 0.2) is 0 Å². The van der Waals surface area contributed by atoms with Crippen molar-refractivity contribution in [1.29, 1.82) is 0 Å². The molecule has 17 heavy (non-hydrogen) atoms. The van der Waals surface area contributed by atoms with Gasteiger partial charge in [-0.15, -0.1) is 11.6 Å². The van der Waals surface area contributed by atoms with Crippen LogP contribution in [0.5, 0.6) is 0 Å². The fraction of sp³-hybridized carbons (Fsp3) is 0.500. The number of nitrogens with one attached hydrogen (secondary N) is 1. The van der Waals surface area contributed by atoms with Gasteiger partial charge in [0.2, 0.25) is 5.91 Å². The molecule has 0 heterocycles. The molecule has 0 radical (unpaired) electrons. The van der Waals surface area contributed by atoms with Crippen molar-refractivity contribution in [1.82, 2.24) is 5.32 Å². The Hall–Kier alpha value is -1.02. The van der Waals surface area contributed by atoms with E-state index < -0.39 is 0 Å². The summed E-state index contributed by atoms with van der Waals surface area (Å²) >= 11 is 5.76. The maximum absolute atomic E-state index is 11.5. The van der Waals surface area contributed by atoms with Crippen LogP contribution in [0.3, 0.4) is 0 Å². The number of carbonyl (C=O) groups is 1. The maximum Gasteiger partial charge on any atom is 0.220 e. The Balaban J connectivity index is 2.31. The van der Waals surface area contributed by atoms with Crippen LogP contribution < -0.4 is 5.32 Å². The number of benzene rings is 1. The van der Waals surface area contributed by atoms with Crippen LogP contribution in [0.4, 0.5) is 0 Å². The molecule has 0 unspecified atom stereocenters. The van der Waals surface area contributed by atoms with Gasteiger partial charge in [-0.2, -0.15) is 0 Å². The van der Waals surface area contributed by atoms with Crippen molar-refractivity contribution in [2.24, 2.45) is 0 Å². The standard InChI is InChI=1S/C14H20ClNO/c1-2-3-4-8-14(17)16-11-13-7-5-6-12(9-13)10-15/h5-7,9H,2-4,8,10-11H2,1H3,(H,16,17). The second kappa shape index (κ2) is 8.13. The molecular weight excluding hydrogens is 234 g/mol. The van der Waals surface area contributed by atoms with E-state index >= 15 is 0 Å². The molecule has 3 heteroatoms. The van der Waals surface area contributed by atoms with Gasteiger partial charge in [-0.05, 0) is 17.5 Å². The number of halogens is 1. The molecule has 0 aromatic heterocycles. The molecule has 0 saturated carbocycles. The Bertz CT molecular complexity index is 352. The molecular formula is C14H20ClNO. The highest BCUT2D eigenvalue weighted by Crippen LogP contribution is 2.07. The Morgan fingerprint density at radius 3 is 2.76 bits per heavy atom. The minimum atomic E-state index is 0.134. The lowest BCUT2D eigenvalue weighted by molar-refractivity contribution is -0.121. The van der Waals surface area contributed by atoms with Crippen molar-refractivity contribution in [2.75, 3.05) is 0 Å². The van der Waals surface area contributed by atoms with Gasteiger partial charge in [-0.25, -0.2) is 0 Å². The van der Waals surface area contributed by atoms with Crippen LogP contribution in [0.25, 0.3) is 0 Å². The number of hydrogen-bond acceptors (Lipinski definition) is 1. The molecule has 1 aromatic carbocycles. The number of carbonyl (C=O) groups excluding carboxylic acids is 1. The Labute approximate surface area is 108 Å². The number of rotatable bonds is 7. The summed E-state index contributed by atoms with van der Waals surface area (Å²) in [6, 6.07) is 7.98. The maximum atomic E-state index is 11.5. The summed E-state index contributed by atoms with van der Waals surface area (Å²) in [4.78, 5) is 11.5. The molecule has 0 saturated heterocycles. The van der Waals surface area contributed by atoms with Crippen LogP contribution in [0.15, 0.2) is 24.3 Å². The lowest BCUT2D eigenvalue weighted by Crippen LogP contribution is -2.22. The first-order valence-corrected chi connectivity index (χ1v) is 6.70. The van der Waals surface area contributed by atoms with Gasteiger partial charge < -0.3 is 5.32 Å². The molecule has 1 N–H and O–H groups in total. The highest BCUT2D eigenvalue weighted by Gasteiger charge is 2.01. The van der Waals surface area contributed by atoms with Crippen LogP contribution >= 0.6 is 11.6 Å². The summed E-state index contributed by atoms with van der Waals surface area (Å²) < 4.78 is 0. The van der Waals surface area contributed by atoms with E-state index in [9.17, 15) is 4.79 Å². The molecule has 0 aliphatic heterocycles. The van der Waals surface area contributed by atoms with E-state index in [1.807, 2.05) is 24.3 Å². The predicted octanol–water partition coefficient (Wildman–Crippen LogP) is 3.62. The smallest absolute Gasteiger partial charge is 0.220 e. The zero-order chi connectivity index (χ0) is 12.5. The summed E-state index contributed by atoms with van der Waals surface area (Å²) in [6.07, 6.45) is 3.87. The second-order valence-corrected chi connectivity index (χ2v) is 4.45. The monoisotopic (exact) mass is 253 g/mol. The molecule has 0 spiro atoms. The zero-order valence-electron chi connectivity index (χ0n) is 10.3. The normalized spacial score (nSPS) is 10.2. The number of unbranched alkanes of at least 4 members (excludes halogenated alkanes) is 2. The average molecular weight is 254 g/mol. The first-order valence-electron chi connectivity index (χ1n) is 6.16. The van der Waals surface area contributed by atoms with E-state index in [0.29, 0.717) is 18.8 Å². The minimum absolute atomic E-state index is 0.134. The van der Waals surface area contributed by atoms with Gasteiger partial charge in [0.1, 0.15) is 0 Å². The SMILES string of the molecule is CCCCCC(=O)NCc1cccc(CCl)c1. The van der Waals surface area contributed by atoms with Gasteiger partial charge >= 0.3 is 0 Å². The van der Waals surface area contributed by atoms with Crippen LogP contribution in [-0.4, -0.2) is 5.91 Å². The average Bonchev–Trinajstić information content (AvgIpc) is 2.37. The zero-order valence-corrected chi connectivity index (χ0v) is 11.1. The Morgan fingerprint density at radius 2 is 2.06 bits per heavy atom. The minimum Gasteiger partial charge on any atom is -0.352 e. The molecule has 1 aromatic rings. The van der Waals surface area contributed by atoms with E-state index in [4.69, 9.17) is 11.6 Å². The van der Waals surface area contributed by atoms with Crippen molar-refractivity contribution in [2.45, 2.75) is 45.0 Å². The lowest BCUT2D eigenvalue weighted by Gasteiger charge is -2.06. The summed E-state index contributed by atoms with van der Waals surface area (Å²) in [5.74, 6) is 0.646. The van der Waals surface area contributed by atoms with E-state index in [1.54, 1.807) is 0 Å². The fourth-order valence-electron chi connectivity index (χ4n) is 1.65. The lowest BCUT2D eigenvalue weighted by atomic mass is 10.1. The first-order chi connectivity index (χ1) is 8.26. The molecule has 1 rings (SSSR count). The van der Waals surface area contributed by atoms with Gasteiger partial charge in [0, 0.05) is 18.8 Å². The molecule has 2 nitrogen and oxygen atoms in total. The largest absolute Gasteiger partial charge is 0.352 e. The molecule has 0 aliphatic rings. The summed E-state index contributed by atoms with van der Waals surface area (Å²) in [6.45, 7) is 2.73. The van der Waals surface area contributed by atoms with Crippen LogP contribution in [0.2, 0.25) is 0 Å². The van der Waals surface area contributed by atoms with Crippen molar-refractivity contribution >= 4 is 17.5 Å². The van der Waals surface area contributed by atoms with Gasteiger partial charge in [-0.3, -0.25) is 4.79 Å². The molecule has 94 valence electrons. The van der Waals surface area contributed by atoms with Gasteiger partial charge in [0.05, 0.1) is 0 Å². The van der Waals surface area contributed by atoms with Crippen LogP contribution in [0.1, 0.15) is 43.7 Å². The third-order valence-corrected chi connectivity index (χ3v) is 2.95. The summed E-state index contributed by atoms with van der Waals surface area (Å²) in [5, 5.41) is 2.93. The van der Waals surface area contributed by atoms with E-state index in [0.717, 1.165) is 30.4 Å². The van der Waals surface area contributed by atoms with E-state index in [2.05, 4.69) is 12.2 Å². The fourth-order valence-corrected chi connectivity index (χ4v) is 1.81. The molecule has 0 bridgehead atoms. The number of amides is 1.